The molecular formula is C20H19N3O2. The number of rotatable bonds is 4. The Kier molecular flexibility index (Phi) is 3.84. The van der Waals surface area contributed by atoms with Crippen molar-refractivity contribution in [3.63, 3.8) is 0 Å². The summed E-state index contributed by atoms with van der Waals surface area (Å²) in [5.74, 6) is 0. The van der Waals surface area contributed by atoms with Gasteiger partial charge in [-0.1, -0.05) is 24.3 Å². The van der Waals surface area contributed by atoms with E-state index in [9.17, 15) is 9.59 Å². The highest BCUT2D eigenvalue weighted by atomic mass is 16.1. The number of anilines is 1. The van der Waals surface area contributed by atoms with Gasteiger partial charge in [0.25, 0.3) is 0 Å². The van der Waals surface area contributed by atoms with Crippen LogP contribution in [0.2, 0.25) is 0 Å². The predicted molar refractivity (Wildman–Crippen MR) is 98.3 cm³/mol. The van der Waals surface area contributed by atoms with Crippen LogP contribution in [0.5, 0.6) is 0 Å². The molecule has 2 aromatic heterocycles. The number of pyridine rings is 2. The molecule has 2 heterocycles. The Morgan fingerprint density at radius 1 is 1.28 bits per heavy atom. The van der Waals surface area contributed by atoms with Crippen LogP contribution in [0.4, 0.5) is 5.69 Å². The van der Waals surface area contributed by atoms with Crippen LogP contribution in [0.15, 0.2) is 47.5 Å². The van der Waals surface area contributed by atoms with Gasteiger partial charge in [0.15, 0.2) is 6.29 Å². The second kappa shape index (κ2) is 6.16. The molecule has 0 aliphatic heterocycles. The summed E-state index contributed by atoms with van der Waals surface area (Å²) in [6.07, 6.45) is 5.87. The molecular weight excluding hydrogens is 314 g/mol. The maximum Gasteiger partial charge on any atom is 0.201 e. The van der Waals surface area contributed by atoms with Crippen LogP contribution in [0.25, 0.3) is 11.0 Å². The summed E-state index contributed by atoms with van der Waals surface area (Å²) >= 11 is 0. The van der Waals surface area contributed by atoms with Crippen molar-refractivity contribution in [2.75, 3.05) is 5.32 Å². The Balaban J connectivity index is 1.69. The predicted octanol–water partition coefficient (Wildman–Crippen LogP) is 2.81. The molecule has 0 spiro atoms. The van der Waals surface area contributed by atoms with Gasteiger partial charge in [-0.25, -0.2) is 4.98 Å². The summed E-state index contributed by atoms with van der Waals surface area (Å²) in [5, 5.41) is 3.96. The molecule has 5 heteroatoms. The number of carbonyl (C=O) groups is 1. The molecule has 3 aromatic rings. The molecule has 1 N–H and O–H groups in total. The topological polar surface area (TPSA) is 64.0 Å². The van der Waals surface area contributed by atoms with Gasteiger partial charge in [-0.3, -0.25) is 9.59 Å². The molecule has 1 aromatic carbocycles. The van der Waals surface area contributed by atoms with E-state index in [0.717, 1.165) is 18.5 Å². The van der Waals surface area contributed by atoms with E-state index in [1.165, 1.54) is 11.1 Å². The maximum absolute atomic E-state index is 12.5. The first-order chi connectivity index (χ1) is 12.2. The minimum Gasteiger partial charge on any atom is -0.380 e. The number of hydrogen-bond acceptors (Lipinski definition) is 4. The van der Waals surface area contributed by atoms with Gasteiger partial charge >= 0.3 is 0 Å². The van der Waals surface area contributed by atoms with E-state index in [2.05, 4.69) is 34.6 Å². The molecule has 1 aliphatic carbocycles. The second-order valence-electron chi connectivity index (χ2n) is 6.43. The van der Waals surface area contributed by atoms with Gasteiger partial charge in [-0.2, -0.15) is 0 Å². The van der Waals surface area contributed by atoms with Gasteiger partial charge in [0.2, 0.25) is 5.43 Å². The largest absolute Gasteiger partial charge is 0.380 e. The smallest absolute Gasteiger partial charge is 0.201 e. The second-order valence-corrected chi connectivity index (χ2v) is 6.43. The molecule has 126 valence electrons. The van der Waals surface area contributed by atoms with Crippen LogP contribution in [-0.2, 0) is 19.4 Å². The Hall–Kier alpha value is -2.95. The van der Waals surface area contributed by atoms with Crippen LogP contribution in [0.3, 0.4) is 0 Å². The van der Waals surface area contributed by atoms with E-state index in [0.29, 0.717) is 29.9 Å². The normalized spacial score (nSPS) is 13.8. The molecule has 0 saturated carbocycles. The molecule has 5 nitrogen and oxygen atoms in total. The van der Waals surface area contributed by atoms with Crippen LogP contribution >= 0.6 is 0 Å². The highest BCUT2D eigenvalue weighted by Gasteiger charge is 2.21. The first-order valence-electron chi connectivity index (χ1n) is 8.51. The number of aryl methyl sites for hydroxylation is 1. The van der Waals surface area contributed by atoms with Crippen LogP contribution in [-0.4, -0.2) is 21.9 Å². The Bertz CT molecular complexity index is 998. The molecule has 0 bridgehead atoms. The number of aldehydes is 1. The molecule has 0 amide bonds. The SMILES string of the molecule is CCn1cc(C=O)c(=O)c2cc(NC3Cc4ccccc4C3)cnc21. The fourth-order valence-electron chi connectivity index (χ4n) is 3.60. The number of nitrogens with one attached hydrogen (secondary N) is 1. The third-order valence-electron chi connectivity index (χ3n) is 4.83. The highest BCUT2D eigenvalue weighted by Crippen LogP contribution is 2.25. The number of carbonyl (C=O) groups excluding carboxylic acids is 1. The first kappa shape index (κ1) is 15.6. The van der Waals surface area contributed by atoms with E-state index < -0.39 is 0 Å². The van der Waals surface area contributed by atoms with Crippen LogP contribution in [0.1, 0.15) is 28.4 Å². The van der Waals surface area contributed by atoms with Crippen molar-refractivity contribution in [2.24, 2.45) is 0 Å². The Morgan fingerprint density at radius 3 is 2.64 bits per heavy atom. The molecule has 0 saturated heterocycles. The summed E-state index contributed by atoms with van der Waals surface area (Å²) in [5.41, 5.74) is 4.06. The lowest BCUT2D eigenvalue weighted by Crippen LogP contribution is -2.20. The summed E-state index contributed by atoms with van der Waals surface area (Å²) in [4.78, 5) is 28.1. The van der Waals surface area contributed by atoms with Crippen molar-refractivity contribution in [2.45, 2.75) is 32.4 Å². The number of benzene rings is 1. The molecule has 4 rings (SSSR count). The summed E-state index contributed by atoms with van der Waals surface area (Å²) in [7, 11) is 0. The lowest BCUT2D eigenvalue weighted by molar-refractivity contribution is 0.112. The van der Waals surface area contributed by atoms with Crippen molar-refractivity contribution in [1.29, 1.82) is 0 Å². The molecule has 0 radical (unpaired) electrons. The van der Waals surface area contributed by atoms with Gasteiger partial charge in [-0.05, 0) is 37.0 Å². The zero-order valence-electron chi connectivity index (χ0n) is 14.0. The van der Waals surface area contributed by atoms with Crippen molar-refractivity contribution in [3.8, 4) is 0 Å². The summed E-state index contributed by atoms with van der Waals surface area (Å²) in [6, 6.07) is 10.5. The first-order valence-corrected chi connectivity index (χ1v) is 8.51. The van der Waals surface area contributed by atoms with Gasteiger partial charge in [0.1, 0.15) is 5.65 Å². The Morgan fingerprint density at radius 2 is 2.00 bits per heavy atom. The lowest BCUT2D eigenvalue weighted by Gasteiger charge is -2.15. The summed E-state index contributed by atoms with van der Waals surface area (Å²) in [6.45, 7) is 2.61. The fraction of sp³-hybridized carbons (Fsp3) is 0.250. The lowest BCUT2D eigenvalue weighted by atomic mass is 10.1. The highest BCUT2D eigenvalue weighted by molar-refractivity contribution is 5.85. The van der Waals surface area contributed by atoms with Crippen molar-refractivity contribution >= 4 is 23.0 Å². The third kappa shape index (κ3) is 2.71. The molecule has 1 aliphatic rings. The maximum atomic E-state index is 12.5. The zero-order chi connectivity index (χ0) is 17.4. The standard InChI is InChI=1S/C20H19N3O2/c1-2-23-11-15(12-24)19(25)18-9-17(10-21-20(18)23)22-16-7-13-5-3-4-6-14(13)8-16/h3-6,9-12,16,22H,2,7-8H2,1H3. The van der Waals surface area contributed by atoms with E-state index in [-0.39, 0.29) is 11.0 Å². The Labute approximate surface area is 145 Å². The number of hydrogen-bond donors (Lipinski definition) is 1. The van der Waals surface area contributed by atoms with Gasteiger partial charge in [0, 0.05) is 18.8 Å². The van der Waals surface area contributed by atoms with Gasteiger partial charge in [0.05, 0.1) is 22.8 Å². The number of aromatic nitrogens is 2. The van der Waals surface area contributed by atoms with E-state index >= 15 is 0 Å². The minimum absolute atomic E-state index is 0.168. The van der Waals surface area contributed by atoms with Gasteiger partial charge in [-0.15, -0.1) is 0 Å². The molecule has 0 fully saturated rings. The average Bonchev–Trinajstić information content (AvgIpc) is 3.04. The fourth-order valence-corrected chi connectivity index (χ4v) is 3.60. The van der Waals surface area contributed by atoms with Crippen LogP contribution in [0, 0.1) is 0 Å². The van der Waals surface area contributed by atoms with Crippen LogP contribution < -0.4 is 10.7 Å². The van der Waals surface area contributed by atoms with Crippen molar-refractivity contribution in [1.82, 2.24) is 9.55 Å². The third-order valence-corrected chi connectivity index (χ3v) is 4.83. The van der Waals surface area contributed by atoms with Gasteiger partial charge < -0.3 is 9.88 Å². The minimum atomic E-state index is -0.263. The molecule has 0 unspecified atom stereocenters. The molecule has 0 atom stereocenters. The van der Waals surface area contributed by atoms with E-state index in [1.807, 2.05) is 17.6 Å². The van der Waals surface area contributed by atoms with E-state index in [1.54, 1.807) is 12.4 Å². The quantitative estimate of drug-likeness (QED) is 0.746. The zero-order valence-corrected chi connectivity index (χ0v) is 14.0. The monoisotopic (exact) mass is 333 g/mol. The number of nitrogens with zero attached hydrogens (tertiary/aromatic N) is 2. The number of fused-ring (bicyclic) bond motifs is 2. The van der Waals surface area contributed by atoms with Crippen molar-refractivity contribution < 1.29 is 4.79 Å². The van der Waals surface area contributed by atoms with E-state index in [4.69, 9.17) is 0 Å². The van der Waals surface area contributed by atoms with Crippen molar-refractivity contribution in [3.05, 3.63) is 69.6 Å². The molecule has 25 heavy (non-hydrogen) atoms. The summed E-state index contributed by atoms with van der Waals surface area (Å²) < 4.78 is 1.83. The average molecular weight is 333 g/mol.